The van der Waals surface area contributed by atoms with Crippen LogP contribution in [0.25, 0.3) is 93.1 Å². The first-order valence-corrected chi connectivity index (χ1v) is 16.1. The van der Waals surface area contributed by atoms with E-state index in [0.29, 0.717) is 0 Å². The van der Waals surface area contributed by atoms with Crippen molar-refractivity contribution in [2.45, 2.75) is 0 Å². The number of hydrogen-bond acceptors (Lipinski definition) is 1. The number of para-hydroxylation sites is 3. The van der Waals surface area contributed by atoms with Crippen molar-refractivity contribution in [1.29, 1.82) is 0 Å². The van der Waals surface area contributed by atoms with Gasteiger partial charge in [-0.3, -0.25) is 4.57 Å². The van der Waals surface area contributed by atoms with Crippen LogP contribution in [0, 0.1) is 0 Å². The molecule has 0 saturated heterocycles. The minimum absolute atomic E-state index is 0.951. The lowest BCUT2D eigenvalue weighted by Gasteiger charge is -2.19. The Morgan fingerprint density at radius 1 is 0.383 bits per heavy atom. The first kappa shape index (κ1) is 26.0. The fourth-order valence-electron chi connectivity index (χ4n) is 7.69. The van der Waals surface area contributed by atoms with Gasteiger partial charge in [-0.1, -0.05) is 140 Å². The number of benzene rings is 9. The molecule has 0 aliphatic rings. The van der Waals surface area contributed by atoms with Crippen LogP contribution >= 0.6 is 0 Å². The first-order valence-electron chi connectivity index (χ1n) is 16.1. The first-order chi connectivity index (χ1) is 23.3. The van der Waals surface area contributed by atoms with Crippen LogP contribution in [0.15, 0.2) is 170 Å². The molecular formula is C45H28N2. The van der Waals surface area contributed by atoms with Crippen LogP contribution in [0.3, 0.4) is 0 Å². The van der Waals surface area contributed by atoms with Crippen molar-refractivity contribution in [1.82, 2.24) is 9.55 Å². The number of aromatic nitrogens is 2. The van der Waals surface area contributed by atoms with Crippen molar-refractivity contribution in [3.8, 4) is 28.2 Å². The Balaban J connectivity index is 1.33. The van der Waals surface area contributed by atoms with Gasteiger partial charge in [0.15, 0.2) is 0 Å². The highest BCUT2D eigenvalue weighted by molar-refractivity contribution is 6.24. The monoisotopic (exact) mass is 596 g/mol. The summed E-state index contributed by atoms with van der Waals surface area (Å²) < 4.78 is 2.32. The van der Waals surface area contributed by atoms with Gasteiger partial charge in [0, 0.05) is 11.3 Å². The fraction of sp³-hybridized carbons (Fsp3) is 0. The highest BCUT2D eigenvalue weighted by Crippen LogP contribution is 2.45. The van der Waals surface area contributed by atoms with E-state index in [4.69, 9.17) is 4.98 Å². The highest BCUT2D eigenvalue weighted by Gasteiger charge is 2.22. The van der Waals surface area contributed by atoms with Crippen LogP contribution in [-0.2, 0) is 0 Å². The van der Waals surface area contributed by atoms with Crippen molar-refractivity contribution in [2.75, 3.05) is 0 Å². The summed E-state index contributed by atoms with van der Waals surface area (Å²) in [4.78, 5) is 5.33. The molecule has 1 heterocycles. The van der Waals surface area contributed by atoms with Gasteiger partial charge in [0.1, 0.15) is 5.82 Å². The zero-order chi connectivity index (χ0) is 30.9. The maximum atomic E-state index is 5.33. The largest absolute Gasteiger partial charge is 0.292 e. The van der Waals surface area contributed by atoms with Crippen molar-refractivity contribution in [3.05, 3.63) is 170 Å². The van der Waals surface area contributed by atoms with Gasteiger partial charge in [0.05, 0.1) is 11.0 Å². The molecule has 0 radical (unpaired) electrons. The zero-order valence-electron chi connectivity index (χ0n) is 25.6. The molecule has 0 bridgehead atoms. The molecule has 0 spiro atoms. The van der Waals surface area contributed by atoms with E-state index in [2.05, 4.69) is 174 Å². The van der Waals surface area contributed by atoms with Crippen LogP contribution in [0.5, 0.6) is 0 Å². The molecule has 0 atom stereocenters. The Hall–Kier alpha value is -6.25. The van der Waals surface area contributed by atoms with E-state index in [-0.39, 0.29) is 0 Å². The second-order valence-electron chi connectivity index (χ2n) is 12.3. The number of fused-ring (bicyclic) bond motifs is 8. The maximum absolute atomic E-state index is 5.33. The zero-order valence-corrected chi connectivity index (χ0v) is 25.6. The third kappa shape index (κ3) is 3.89. The predicted molar refractivity (Wildman–Crippen MR) is 199 cm³/mol. The van der Waals surface area contributed by atoms with Gasteiger partial charge >= 0.3 is 0 Å². The predicted octanol–water partition coefficient (Wildman–Crippen LogP) is 12.1. The standard InChI is InChI=1S/C45H28N2/c1-2-13-33(14-3-1)47-41-21-11-10-20-40(41)46-45(47)44-37-18-8-6-16-35(37)43(36-17-7-9-19-38(36)44)32-27-24-30-23-26-31-25-22-29-12-4-5-15-34(29)42(31)39(30)28-32/h1-28H. The summed E-state index contributed by atoms with van der Waals surface area (Å²) in [5.41, 5.74) is 6.80. The number of rotatable bonds is 3. The van der Waals surface area contributed by atoms with E-state index in [1.165, 1.54) is 65.0 Å². The second-order valence-corrected chi connectivity index (χ2v) is 12.3. The molecule has 2 heteroatoms. The number of imidazole rings is 1. The lowest BCUT2D eigenvalue weighted by atomic mass is 9.86. The number of hydrogen-bond donors (Lipinski definition) is 0. The topological polar surface area (TPSA) is 17.8 Å². The molecule has 9 aromatic carbocycles. The van der Waals surface area contributed by atoms with E-state index < -0.39 is 0 Å². The molecule has 47 heavy (non-hydrogen) atoms. The molecule has 1 aromatic heterocycles. The van der Waals surface area contributed by atoms with E-state index in [0.717, 1.165) is 28.1 Å². The van der Waals surface area contributed by atoms with Crippen molar-refractivity contribution >= 4 is 64.9 Å². The van der Waals surface area contributed by atoms with E-state index in [9.17, 15) is 0 Å². The average molecular weight is 597 g/mol. The quantitative estimate of drug-likeness (QED) is 0.147. The van der Waals surface area contributed by atoms with E-state index in [1.54, 1.807) is 0 Å². The lowest BCUT2D eigenvalue weighted by molar-refractivity contribution is 1.11. The molecular weight excluding hydrogens is 569 g/mol. The molecule has 218 valence electrons. The molecule has 0 unspecified atom stereocenters. The molecule has 0 aliphatic heterocycles. The SMILES string of the molecule is c1ccc(-n2c(-c3c4ccccc4c(-c4ccc5ccc6ccc7ccccc7c6c5c4)c4ccccc34)nc3ccccc32)cc1. The van der Waals surface area contributed by atoms with Crippen LogP contribution in [0.2, 0.25) is 0 Å². The Labute approximate surface area is 271 Å². The second kappa shape index (κ2) is 10.1. The Morgan fingerprint density at radius 2 is 0.915 bits per heavy atom. The van der Waals surface area contributed by atoms with E-state index in [1.807, 2.05) is 0 Å². The van der Waals surface area contributed by atoms with Gasteiger partial charge in [-0.2, -0.15) is 0 Å². The van der Waals surface area contributed by atoms with Gasteiger partial charge in [0.25, 0.3) is 0 Å². The highest BCUT2D eigenvalue weighted by atomic mass is 15.1. The van der Waals surface area contributed by atoms with Crippen molar-refractivity contribution in [2.24, 2.45) is 0 Å². The van der Waals surface area contributed by atoms with Gasteiger partial charge in [0.2, 0.25) is 0 Å². The summed E-state index contributed by atoms with van der Waals surface area (Å²) in [5, 5.41) is 12.5. The number of nitrogens with zero attached hydrogens (tertiary/aromatic N) is 2. The fourth-order valence-corrected chi connectivity index (χ4v) is 7.69. The van der Waals surface area contributed by atoms with Gasteiger partial charge in [-0.15, -0.1) is 0 Å². The molecule has 0 amide bonds. The van der Waals surface area contributed by atoms with Crippen molar-refractivity contribution in [3.63, 3.8) is 0 Å². The molecule has 10 aromatic rings. The third-order valence-electron chi connectivity index (χ3n) is 9.75. The van der Waals surface area contributed by atoms with Crippen molar-refractivity contribution < 1.29 is 0 Å². The molecule has 0 aliphatic carbocycles. The summed E-state index contributed by atoms with van der Waals surface area (Å²) in [6.07, 6.45) is 0. The normalized spacial score (nSPS) is 11.8. The molecule has 10 rings (SSSR count). The molecule has 2 nitrogen and oxygen atoms in total. The van der Waals surface area contributed by atoms with E-state index >= 15 is 0 Å². The summed E-state index contributed by atoms with van der Waals surface area (Å²) >= 11 is 0. The summed E-state index contributed by atoms with van der Waals surface area (Å²) in [6.45, 7) is 0. The summed E-state index contributed by atoms with van der Waals surface area (Å²) in [6, 6.07) is 61.5. The van der Waals surface area contributed by atoms with Gasteiger partial charge in [-0.25, -0.2) is 4.98 Å². The van der Waals surface area contributed by atoms with Gasteiger partial charge < -0.3 is 0 Å². The summed E-state index contributed by atoms with van der Waals surface area (Å²) in [7, 11) is 0. The van der Waals surface area contributed by atoms with Crippen LogP contribution in [-0.4, -0.2) is 9.55 Å². The Bertz CT molecular complexity index is 2780. The molecule has 0 fully saturated rings. The maximum Gasteiger partial charge on any atom is 0.146 e. The summed E-state index contributed by atoms with van der Waals surface area (Å²) in [5.74, 6) is 0.951. The third-order valence-corrected chi connectivity index (χ3v) is 9.75. The van der Waals surface area contributed by atoms with Gasteiger partial charge in [-0.05, 0) is 95.3 Å². The molecule has 0 saturated carbocycles. The van der Waals surface area contributed by atoms with Crippen LogP contribution in [0.1, 0.15) is 0 Å². The van der Waals surface area contributed by atoms with Crippen LogP contribution in [0.4, 0.5) is 0 Å². The van der Waals surface area contributed by atoms with Crippen LogP contribution < -0.4 is 0 Å². The minimum atomic E-state index is 0.951. The molecule has 0 N–H and O–H groups in total. The Morgan fingerprint density at radius 3 is 1.64 bits per heavy atom. The Kier molecular flexibility index (Phi) is 5.61. The smallest absolute Gasteiger partial charge is 0.146 e. The average Bonchev–Trinajstić information content (AvgIpc) is 3.52. The minimum Gasteiger partial charge on any atom is -0.292 e. The lowest BCUT2D eigenvalue weighted by Crippen LogP contribution is -1.99.